The Morgan fingerprint density at radius 1 is 1.16 bits per heavy atom. The van der Waals surface area contributed by atoms with Crippen LogP contribution >= 0.6 is 11.3 Å². The SMILES string of the molecule is COCCCn1cnc2sc3c(c2c1=O)CC[C@H](N1CCN(c2ccccc2)CC1)C3. The van der Waals surface area contributed by atoms with Gasteiger partial charge in [-0.25, -0.2) is 4.98 Å². The molecule has 1 fully saturated rings. The average Bonchev–Trinajstić information content (AvgIpc) is 3.20. The summed E-state index contributed by atoms with van der Waals surface area (Å²) in [5.41, 5.74) is 2.71. The number of ether oxygens (including phenoxy) is 1. The van der Waals surface area contributed by atoms with Gasteiger partial charge in [-0.1, -0.05) is 18.2 Å². The van der Waals surface area contributed by atoms with Gasteiger partial charge in [-0.15, -0.1) is 11.3 Å². The summed E-state index contributed by atoms with van der Waals surface area (Å²) in [6, 6.07) is 11.3. The lowest BCUT2D eigenvalue weighted by Gasteiger charge is -2.41. The van der Waals surface area contributed by atoms with E-state index in [9.17, 15) is 4.79 Å². The topological polar surface area (TPSA) is 50.6 Å². The average molecular weight is 439 g/mol. The van der Waals surface area contributed by atoms with Crippen molar-refractivity contribution >= 4 is 27.2 Å². The fraction of sp³-hybridized carbons (Fsp3) is 0.500. The summed E-state index contributed by atoms with van der Waals surface area (Å²) >= 11 is 1.73. The zero-order valence-corrected chi connectivity index (χ0v) is 18.9. The van der Waals surface area contributed by atoms with E-state index in [1.165, 1.54) is 16.1 Å². The highest BCUT2D eigenvalue weighted by atomic mass is 32.1. The van der Waals surface area contributed by atoms with Crippen LogP contribution in [0.1, 0.15) is 23.3 Å². The van der Waals surface area contributed by atoms with Crippen molar-refractivity contribution in [2.24, 2.45) is 0 Å². The number of methoxy groups -OCH3 is 1. The van der Waals surface area contributed by atoms with Crippen molar-refractivity contribution in [3.63, 3.8) is 0 Å². The van der Waals surface area contributed by atoms with Gasteiger partial charge < -0.3 is 9.64 Å². The minimum atomic E-state index is 0.119. The molecule has 3 aromatic rings. The minimum absolute atomic E-state index is 0.119. The molecular formula is C24H30N4O2S. The predicted molar refractivity (Wildman–Crippen MR) is 126 cm³/mol. The van der Waals surface area contributed by atoms with Crippen LogP contribution in [0.2, 0.25) is 0 Å². The van der Waals surface area contributed by atoms with Gasteiger partial charge in [0.25, 0.3) is 5.56 Å². The Kier molecular flexibility index (Phi) is 6.07. The number of aryl methyl sites for hydroxylation is 2. The molecule has 3 heterocycles. The van der Waals surface area contributed by atoms with E-state index < -0.39 is 0 Å². The van der Waals surface area contributed by atoms with E-state index in [2.05, 4.69) is 45.1 Å². The first-order valence-electron chi connectivity index (χ1n) is 11.3. The highest BCUT2D eigenvalue weighted by Gasteiger charge is 2.30. The van der Waals surface area contributed by atoms with Crippen LogP contribution in [0, 0.1) is 0 Å². The Morgan fingerprint density at radius 3 is 2.74 bits per heavy atom. The molecule has 0 amide bonds. The van der Waals surface area contributed by atoms with Gasteiger partial charge in [-0.3, -0.25) is 14.3 Å². The van der Waals surface area contributed by atoms with Crippen LogP contribution in [0.3, 0.4) is 0 Å². The quantitative estimate of drug-likeness (QED) is 0.554. The summed E-state index contributed by atoms with van der Waals surface area (Å²) in [5.74, 6) is 0. The number of thiophene rings is 1. The first-order chi connectivity index (χ1) is 15.2. The smallest absolute Gasteiger partial charge is 0.262 e. The number of rotatable bonds is 6. The molecule has 0 spiro atoms. The summed E-state index contributed by atoms with van der Waals surface area (Å²) in [5, 5.41) is 0.868. The molecule has 2 aromatic heterocycles. The fourth-order valence-electron chi connectivity index (χ4n) is 5.02. The number of anilines is 1. The molecule has 0 N–H and O–H groups in total. The zero-order chi connectivity index (χ0) is 21.2. The van der Waals surface area contributed by atoms with Crippen LogP contribution in [0.25, 0.3) is 10.2 Å². The first kappa shape index (κ1) is 20.7. The lowest BCUT2D eigenvalue weighted by atomic mass is 9.91. The maximum atomic E-state index is 13.1. The number of nitrogens with zero attached hydrogens (tertiary/aromatic N) is 4. The van der Waals surface area contributed by atoms with Gasteiger partial charge in [0.05, 0.1) is 11.7 Å². The second-order valence-electron chi connectivity index (χ2n) is 8.53. The van der Waals surface area contributed by atoms with E-state index in [-0.39, 0.29) is 5.56 Å². The van der Waals surface area contributed by atoms with Crippen LogP contribution in [0.5, 0.6) is 0 Å². The van der Waals surface area contributed by atoms with Crippen LogP contribution in [0.15, 0.2) is 41.5 Å². The van der Waals surface area contributed by atoms with Gasteiger partial charge in [0.15, 0.2) is 0 Å². The summed E-state index contributed by atoms with van der Waals surface area (Å²) in [6.45, 7) is 5.68. The van der Waals surface area contributed by atoms with Gasteiger partial charge in [-0.05, 0) is 43.4 Å². The van der Waals surface area contributed by atoms with Gasteiger partial charge in [0.1, 0.15) is 4.83 Å². The first-order valence-corrected chi connectivity index (χ1v) is 12.1. The van der Waals surface area contributed by atoms with E-state index in [1.54, 1.807) is 29.3 Å². The summed E-state index contributed by atoms with van der Waals surface area (Å²) < 4.78 is 6.88. The normalized spacial score (nSPS) is 19.6. The molecule has 164 valence electrons. The third kappa shape index (κ3) is 4.14. The Hall–Kier alpha value is -2.22. The summed E-state index contributed by atoms with van der Waals surface area (Å²) in [6.07, 6.45) is 5.69. The third-order valence-electron chi connectivity index (χ3n) is 6.71. The molecule has 0 saturated carbocycles. The van der Waals surface area contributed by atoms with Crippen LogP contribution in [-0.4, -0.2) is 60.4 Å². The van der Waals surface area contributed by atoms with E-state index >= 15 is 0 Å². The van der Waals surface area contributed by atoms with Crippen molar-refractivity contribution in [3.05, 3.63) is 57.5 Å². The zero-order valence-electron chi connectivity index (χ0n) is 18.1. The highest BCUT2D eigenvalue weighted by Crippen LogP contribution is 2.35. The standard InChI is InChI=1S/C24H30N4O2S/c1-30-15-5-10-28-17-25-23-22(24(28)29)20-9-8-19(16-21(20)31-23)27-13-11-26(12-14-27)18-6-3-2-4-7-18/h2-4,6-7,17,19H,5,8-16H2,1H3/t19-/m0/s1. The second-order valence-corrected chi connectivity index (χ2v) is 9.61. The lowest BCUT2D eigenvalue weighted by molar-refractivity contribution is 0.171. The molecule has 0 radical (unpaired) electrons. The van der Waals surface area contributed by atoms with Gasteiger partial charge in [0.2, 0.25) is 0 Å². The number of aromatic nitrogens is 2. The molecule has 1 aromatic carbocycles. The van der Waals surface area contributed by atoms with Crippen molar-refractivity contribution in [2.45, 2.75) is 38.3 Å². The van der Waals surface area contributed by atoms with Crippen molar-refractivity contribution in [3.8, 4) is 0 Å². The second kappa shape index (κ2) is 9.10. The Balaban J connectivity index is 1.29. The van der Waals surface area contributed by atoms with Crippen LogP contribution in [-0.2, 0) is 24.1 Å². The molecule has 6 nitrogen and oxygen atoms in total. The molecule has 2 aliphatic rings. The molecule has 0 bridgehead atoms. The lowest BCUT2D eigenvalue weighted by Crippen LogP contribution is -2.51. The van der Waals surface area contributed by atoms with Crippen molar-refractivity contribution in [1.82, 2.24) is 14.5 Å². The minimum Gasteiger partial charge on any atom is -0.385 e. The maximum Gasteiger partial charge on any atom is 0.262 e. The highest BCUT2D eigenvalue weighted by molar-refractivity contribution is 7.18. The maximum absolute atomic E-state index is 13.1. The van der Waals surface area contributed by atoms with Crippen molar-refractivity contribution in [1.29, 1.82) is 0 Å². The molecule has 5 rings (SSSR count). The van der Waals surface area contributed by atoms with E-state index in [0.29, 0.717) is 19.2 Å². The number of para-hydroxylation sites is 1. The molecule has 0 unspecified atom stereocenters. The van der Waals surface area contributed by atoms with Gasteiger partial charge in [0, 0.05) is 63.0 Å². The number of hydrogen-bond donors (Lipinski definition) is 0. The van der Waals surface area contributed by atoms with Crippen LogP contribution in [0.4, 0.5) is 5.69 Å². The monoisotopic (exact) mass is 438 g/mol. The molecule has 31 heavy (non-hydrogen) atoms. The predicted octanol–water partition coefficient (Wildman–Crippen LogP) is 3.17. The van der Waals surface area contributed by atoms with Crippen LogP contribution < -0.4 is 10.5 Å². The largest absolute Gasteiger partial charge is 0.385 e. The third-order valence-corrected chi connectivity index (χ3v) is 7.87. The molecule has 1 saturated heterocycles. The number of piperazine rings is 1. The number of fused-ring (bicyclic) bond motifs is 3. The van der Waals surface area contributed by atoms with E-state index in [1.807, 2.05) is 0 Å². The van der Waals surface area contributed by atoms with E-state index in [4.69, 9.17) is 4.74 Å². The van der Waals surface area contributed by atoms with E-state index in [0.717, 1.165) is 62.1 Å². The Labute approximate surface area is 187 Å². The molecular weight excluding hydrogens is 408 g/mol. The van der Waals surface area contributed by atoms with Crippen molar-refractivity contribution < 1.29 is 4.74 Å². The molecule has 7 heteroatoms. The Morgan fingerprint density at radius 2 is 1.97 bits per heavy atom. The molecule has 1 aliphatic heterocycles. The summed E-state index contributed by atoms with van der Waals surface area (Å²) in [4.78, 5) is 25.1. The molecule has 1 atom stereocenters. The molecule has 1 aliphatic carbocycles. The number of benzene rings is 1. The fourth-order valence-corrected chi connectivity index (χ4v) is 6.27. The Bertz CT molecular complexity index is 1090. The van der Waals surface area contributed by atoms with Gasteiger partial charge >= 0.3 is 0 Å². The van der Waals surface area contributed by atoms with Crippen molar-refractivity contribution in [2.75, 3.05) is 44.8 Å². The summed E-state index contributed by atoms with van der Waals surface area (Å²) in [7, 11) is 1.69. The number of hydrogen-bond acceptors (Lipinski definition) is 6. The van der Waals surface area contributed by atoms with Gasteiger partial charge in [-0.2, -0.15) is 0 Å².